The lowest BCUT2D eigenvalue weighted by atomic mass is 9.93. The van der Waals surface area contributed by atoms with Crippen molar-refractivity contribution in [1.82, 2.24) is 5.32 Å². The average Bonchev–Trinajstić information content (AvgIpc) is 3.07. The summed E-state index contributed by atoms with van der Waals surface area (Å²) in [6, 6.07) is 18.6. The number of aliphatic carboxylic acids is 1. The number of rotatable bonds is 6. The predicted molar refractivity (Wildman–Crippen MR) is 113 cm³/mol. The van der Waals surface area contributed by atoms with Crippen molar-refractivity contribution in [2.45, 2.75) is 36.9 Å². The smallest absolute Gasteiger partial charge is 0.320 e. The van der Waals surface area contributed by atoms with Gasteiger partial charge in [-0.2, -0.15) is 11.8 Å². The Morgan fingerprint density at radius 1 is 1.12 bits per heavy atom. The molecule has 1 saturated heterocycles. The number of carbonyl (C=O) groups is 1. The molecule has 0 saturated carbocycles. The molecule has 2 N–H and O–H groups in total. The van der Waals surface area contributed by atoms with Crippen LogP contribution < -0.4 is 5.32 Å². The molecule has 0 radical (unpaired) electrons. The topological polar surface area (TPSA) is 49.3 Å². The minimum atomic E-state index is -1.23. The fourth-order valence-corrected chi connectivity index (χ4v) is 6.91. The summed E-state index contributed by atoms with van der Waals surface area (Å²) in [7, 11) is -1.23. The van der Waals surface area contributed by atoms with E-state index in [0.717, 1.165) is 5.38 Å². The lowest BCUT2D eigenvalue weighted by molar-refractivity contribution is -0.139. The molecule has 3 nitrogen and oxygen atoms in total. The lowest BCUT2D eigenvalue weighted by Crippen LogP contribution is -2.32. The second-order valence-electron chi connectivity index (χ2n) is 8.26. The highest BCUT2D eigenvalue weighted by atomic mass is 32.2. The molecular formula is C21H27NO2SSi. The molecule has 2 atom stereocenters. The van der Waals surface area contributed by atoms with Crippen LogP contribution in [0.5, 0.6) is 0 Å². The first-order chi connectivity index (χ1) is 12.3. The van der Waals surface area contributed by atoms with Crippen LogP contribution in [-0.2, 0) is 9.54 Å². The van der Waals surface area contributed by atoms with Gasteiger partial charge in [0.15, 0.2) is 0 Å². The molecule has 26 heavy (non-hydrogen) atoms. The van der Waals surface area contributed by atoms with E-state index in [-0.39, 0.29) is 4.75 Å². The van der Waals surface area contributed by atoms with Gasteiger partial charge in [-0.3, -0.25) is 4.79 Å². The van der Waals surface area contributed by atoms with Gasteiger partial charge in [-0.15, -0.1) is 0 Å². The monoisotopic (exact) mass is 385 g/mol. The van der Waals surface area contributed by atoms with Crippen molar-refractivity contribution >= 4 is 25.8 Å². The molecule has 2 aromatic carbocycles. The highest BCUT2D eigenvalue weighted by molar-refractivity contribution is 8.01. The molecule has 0 aliphatic carbocycles. The second-order valence-corrected chi connectivity index (χ2v) is 15.6. The fourth-order valence-electron chi connectivity index (χ4n) is 3.30. The Bertz CT molecular complexity index is 758. The van der Waals surface area contributed by atoms with E-state index in [1.807, 2.05) is 30.0 Å². The van der Waals surface area contributed by atoms with E-state index < -0.39 is 20.1 Å². The van der Waals surface area contributed by atoms with Gasteiger partial charge >= 0.3 is 5.97 Å². The molecule has 1 heterocycles. The van der Waals surface area contributed by atoms with Crippen molar-refractivity contribution in [3.05, 3.63) is 60.2 Å². The number of hydrogen-bond donors (Lipinski definition) is 2. The standard InChI is InChI=1S/C21H27NO2SSi/c1-26(2,3)15-25-21(13-19(20(23)24)22-14-21)18-11-9-17(10-12-18)16-7-5-4-6-8-16/h4-12,19,22H,13-15H2,1-3H3,(H,23,24). The normalized spacial score (nSPS) is 23.1. The van der Waals surface area contributed by atoms with Crippen LogP contribution in [0.15, 0.2) is 54.6 Å². The number of hydrogen-bond acceptors (Lipinski definition) is 3. The van der Waals surface area contributed by atoms with Crippen molar-refractivity contribution < 1.29 is 9.90 Å². The predicted octanol–water partition coefficient (Wildman–Crippen LogP) is 4.61. The van der Waals surface area contributed by atoms with Crippen LogP contribution in [0.1, 0.15) is 12.0 Å². The molecule has 1 fully saturated rings. The zero-order chi connectivity index (χ0) is 18.8. The molecule has 1 aliphatic rings. The van der Waals surface area contributed by atoms with E-state index >= 15 is 0 Å². The van der Waals surface area contributed by atoms with Gasteiger partial charge in [0.1, 0.15) is 6.04 Å². The van der Waals surface area contributed by atoms with Gasteiger partial charge < -0.3 is 10.4 Å². The number of carboxylic acids is 1. The van der Waals surface area contributed by atoms with Crippen molar-refractivity contribution in [3.63, 3.8) is 0 Å². The molecule has 2 aromatic rings. The first-order valence-electron chi connectivity index (χ1n) is 9.05. The van der Waals surface area contributed by atoms with Crippen LogP contribution >= 0.6 is 11.8 Å². The highest BCUT2D eigenvalue weighted by Crippen LogP contribution is 2.45. The maximum atomic E-state index is 11.5. The molecular weight excluding hydrogens is 358 g/mol. The Morgan fingerprint density at radius 2 is 1.73 bits per heavy atom. The fraction of sp³-hybridized carbons (Fsp3) is 0.381. The summed E-state index contributed by atoms with van der Waals surface area (Å²) < 4.78 is -0.154. The zero-order valence-electron chi connectivity index (χ0n) is 15.7. The Morgan fingerprint density at radius 3 is 2.27 bits per heavy atom. The number of benzene rings is 2. The molecule has 1 aliphatic heterocycles. The van der Waals surface area contributed by atoms with Crippen LogP contribution in [0.25, 0.3) is 11.1 Å². The third-order valence-corrected chi connectivity index (χ3v) is 9.91. The van der Waals surface area contributed by atoms with E-state index in [9.17, 15) is 9.90 Å². The van der Waals surface area contributed by atoms with Gasteiger partial charge in [0.25, 0.3) is 0 Å². The van der Waals surface area contributed by atoms with Crippen molar-refractivity contribution in [2.24, 2.45) is 0 Å². The molecule has 138 valence electrons. The summed E-state index contributed by atoms with van der Waals surface area (Å²) in [4.78, 5) is 11.5. The van der Waals surface area contributed by atoms with E-state index in [2.05, 4.69) is 61.4 Å². The summed E-state index contributed by atoms with van der Waals surface area (Å²) in [5, 5.41) is 13.8. The zero-order valence-corrected chi connectivity index (χ0v) is 17.5. The summed E-state index contributed by atoms with van der Waals surface area (Å²) in [6.45, 7) is 7.81. The quantitative estimate of drug-likeness (QED) is 0.713. The van der Waals surface area contributed by atoms with E-state index in [1.54, 1.807) is 0 Å². The summed E-state index contributed by atoms with van der Waals surface area (Å²) in [5.74, 6) is -0.749. The van der Waals surface area contributed by atoms with Gasteiger partial charge in [-0.05, 0) is 28.5 Å². The van der Waals surface area contributed by atoms with Crippen molar-refractivity contribution in [3.8, 4) is 11.1 Å². The first-order valence-corrected chi connectivity index (χ1v) is 13.7. The lowest BCUT2D eigenvalue weighted by Gasteiger charge is -2.31. The molecule has 3 rings (SSSR count). The van der Waals surface area contributed by atoms with Gasteiger partial charge in [0.05, 0.1) is 12.8 Å². The Labute approximate surface area is 161 Å². The Hall–Kier alpha value is -1.56. The van der Waals surface area contributed by atoms with Crippen LogP contribution in [0, 0.1) is 0 Å². The summed E-state index contributed by atoms with van der Waals surface area (Å²) >= 11 is 1.95. The van der Waals surface area contributed by atoms with E-state index in [4.69, 9.17) is 0 Å². The summed E-state index contributed by atoms with van der Waals surface area (Å²) in [6.07, 6.45) is 0.641. The SMILES string of the molecule is C[Si](C)(C)CSC1(c2ccc(-c3ccccc3)cc2)CNC(C(=O)O)C1. The van der Waals surface area contributed by atoms with Crippen LogP contribution in [0.2, 0.25) is 19.6 Å². The highest BCUT2D eigenvalue weighted by Gasteiger charge is 2.44. The van der Waals surface area contributed by atoms with Gasteiger partial charge in [0, 0.05) is 6.54 Å². The average molecular weight is 386 g/mol. The molecule has 0 spiro atoms. The minimum absolute atomic E-state index is 0.154. The van der Waals surface area contributed by atoms with Crippen molar-refractivity contribution in [1.29, 1.82) is 0 Å². The Kier molecular flexibility index (Phi) is 5.60. The van der Waals surface area contributed by atoms with E-state index in [1.165, 1.54) is 16.7 Å². The maximum absolute atomic E-state index is 11.5. The first kappa shape index (κ1) is 19.2. The Balaban J connectivity index is 1.88. The van der Waals surface area contributed by atoms with Crippen LogP contribution in [0.3, 0.4) is 0 Å². The molecule has 0 amide bonds. The van der Waals surface area contributed by atoms with Gasteiger partial charge in [-0.1, -0.05) is 74.2 Å². The second kappa shape index (κ2) is 7.59. The van der Waals surface area contributed by atoms with Crippen molar-refractivity contribution in [2.75, 3.05) is 11.9 Å². The molecule has 5 heteroatoms. The molecule has 0 bridgehead atoms. The van der Waals surface area contributed by atoms with Gasteiger partial charge in [0.2, 0.25) is 0 Å². The third kappa shape index (κ3) is 4.39. The largest absolute Gasteiger partial charge is 0.480 e. The minimum Gasteiger partial charge on any atom is -0.480 e. The number of thioether (sulfide) groups is 1. The van der Waals surface area contributed by atoms with E-state index in [0.29, 0.717) is 13.0 Å². The molecule has 2 unspecified atom stereocenters. The molecule has 0 aromatic heterocycles. The maximum Gasteiger partial charge on any atom is 0.320 e. The van der Waals surface area contributed by atoms with Crippen LogP contribution in [0.4, 0.5) is 0 Å². The third-order valence-electron chi connectivity index (χ3n) is 4.77. The number of carboxylic acid groups (broad SMARTS) is 1. The summed E-state index contributed by atoms with van der Waals surface area (Å²) in [5.41, 5.74) is 3.63. The van der Waals surface area contributed by atoms with Gasteiger partial charge in [-0.25, -0.2) is 0 Å². The van der Waals surface area contributed by atoms with Crippen LogP contribution in [-0.4, -0.2) is 37.1 Å². The number of nitrogens with one attached hydrogen (secondary N) is 1.